The zero-order valence-electron chi connectivity index (χ0n) is 7.52. The summed E-state index contributed by atoms with van der Waals surface area (Å²) < 4.78 is 29.2. The Balaban J connectivity index is 2.34. The molecule has 3 nitrogen and oxygen atoms in total. The molecule has 0 saturated heterocycles. The molecule has 0 fully saturated rings. The van der Waals surface area contributed by atoms with E-state index in [1.807, 2.05) is 0 Å². The van der Waals surface area contributed by atoms with Gasteiger partial charge in [0.15, 0.2) is 11.6 Å². The van der Waals surface area contributed by atoms with Gasteiger partial charge in [-0.25, -0.2) is 8.78 Å². The number of hydrogen-bond acceptors (Lipinski definition) is 4. The van der Waals surface area contributed by atoms with Gasteiger partial charge < -0.3 is 5.73 Å². The smallest absolute Gasteiger partial charge is 0.159 e. The van der Waals surface area contributed by atoms with Crippen molar-refractivity contribution < 1.29 is 8.78 Å². The molecule has 0 amide bonds. The molecule has 1 aromatic heterocycles. The normalized spacial score (nSPS) is 12.7. The Morgan fingerprint density at radius 3 is 2.67 bits per heavy atom. The SMILES string of the molecule is NC(c1ccc(F)c(F)c1)c1cnns1. The molecule has 1 atom stereocenters. The maximum atomic E-state index is 12.9. The van der Waals surface area contributed by atoms with Gasteiger partial charge in [0.1, 0.15) is 0 Å². The van der Waals surface area contributed by atoms with Crippen molar-refractivity contribution in [3.05, 3.63) is 46.5 Å². The molecule has 1 aromatic carbocycles. The molecule has 2 rings (SSSR count). The number of halogens is 2. The number of aromatic nitrogens is 2. The number of rotatable bonds is 2. The van der Waals surface area contributed by atoms with Gasteiger partial charge in [-0.3, -0.25) is 0 Å². The molecule has 78 valence electrons. The summed E-state index contributed by atoms with van der Waals surface area (Å²) in [6, 6.07) is 3.07. The molecule has 0 aliphatic heterocycles. The predicted molar refractivity (Wildman–Crippen MR) is 52.3 cm³/mol. The highest BCUT2D eigenvalue weighted by atomic mass is 32.1. The minimum atomic E-state index is -0.902. The van der Waals surface area contributed by atoms with Crippen LogP contribution in [0.5, 0.6) is 0 Å². The number of benzene rings is 1. The largest absolute Gasteiger partial charge is 0.320 e. The van der Waals surface area contributed by atoms with Gasteiger partial charge in [0.2, 0.25) is 0 Å². The second-order valence-electron chi connectivity index (χ2n) is 2.97. The molecular formula is C9H7F2N3S. The van der Waals surface area contributed by atoms with Crippen molar-refractivity contribution in [2.45, 2.75) is 6.04 Å². The second kappa shape index (κ2) is 4.00. The maximum absolute atomic E-state index is 12.9. The molecule has 2 N–H and O–H groups in total. The van der Waals surface area contributed by atoms with E-state index in [4.69, 9.17) is 5.73 Å². The van der Waals surface area contributed by atoms with Crippen LogP contribution >= 0.6 is 11.5 Å². The van der Waals surface area contributed by atoms with Crippen molar-refractivity contribution in [1.82, 2.24) is 9.59 Å². The van der Waals surface area contributed by atoms with Crippen LogP contribution in [0.1, 0.15) is 16.5 Å². The van der Waals surface area contributed by atoms with Gasteiger partial charge in [0.25, 0.3) is 0 Å². The number of nitrogens with zero attached hydrogens (tertiary/aromatic N) is 2. The first kappa shape index (κ1) is 10.1. The van der Waals surface area contributed by atoms with E-state index in [0.717, 1.165) is 23.7 Å². The molecular weight excluding hydrogens is 220 g/mol. The van der Waals surface area contributed by atoms with Crippen molar-refractivity contribution in [1.29, 1.82) is 0 Å². The van der Waals surface area contributed by atoms with E-state index in [-0.39, 0.29) is 0 Å². The Hall–Kier alpha value is -1.40. The molecule has 15 heavy (non-hydrogen) atoms. The van der Waals surface area contributed by atoms with E-state index in [9.17, 15) is 8.78 Å². The number of hydrogen-bond donors (Lipinski definition) is 1. The lowest BCUT2D eigenvalue weighted by molar-refractivity contribution is 0.506. The average Bonchev–Trinajstić information content (AvgIpc) is 2.74. The summed E-state index contributed by atoms with van der Waals surface area (Å²) in [7, 11) is 0. The lowest BCUT2D eigenvalue weighted by Gasteiger charge is -2.08. The van der Waals surface area contributed by atoms with Crippen LogP contribution in [0.25, 0.3) is 0 Å². The summed E-state index contributed by atoms with van der Waals surface area (Å²) in [6.07, 6.45) is 1.51. The second-order valence-corrected chi connectivity index (χ2v) is 3.79. The van der Waals surface area contributed by atoms with Crippen molar-refractivity contribution >= 4 is 11.5 Å². The molecule has 0 radical (unpaired) electrons. The fourth-order valence-corrected chi connectivity index (χ4v) is 1.71. The van der Waals surface area contributed by atoms with Gasteiger partial charge in [0.05, 0.1) is 17.1 Å². The van der Waals surface area contributed by atoms with E-state index in [1.165, 1.54) is 12.3 Å². The van der Waals surface area contributed by atoms with Crippen LogP contribution in [0, 0.1) is 11.6 Å². The lowest BCUT2D eigenvalue weighted by Crippen LogP contribution is -2.10. The van der Waals surface area contributed by atoms with Crippen molar-refractivity contribution in [3.63, 3.8) is 0 Å². The molecule has 6 heteroatoms. The molecule has 1 heterocycles. The Bertz CT molecular complexity index is 458. The third-order valence-electron chi connectivity index (χ3n) is 1.99. The summed E-state index contributed by atoms with van der Waals surface area (Å²) >= 11 is 1.13. The van der Waals surface area contributed by atoms with Crippen LogP contribution in [0.3, 0.4) is 0 Å². The standard InChI is InChI=1S/C9H7F2N3S/c10-6-2-1-5(3-7(6)11)9(12)8-4-13-14-15-8/h1-4,9H,12H2. The highest BCUT2D eigenvalue weighted by Crippen LogP contribution is 2.22. The molecule has 0 spiro atoms. The third-order valence-corrected chi connectivity index (χ3v) is 2.73. The van der Waals surface area contributed by atoms with Crippen molar-refractivity contribution in [2.24, 2.45) is 5.73 Å². The highest BCUT2D eigenvalue weighted by Gasteiger charge is 2.13. The summed E-state index contributed by atoms with van der Waals surface area (Å²) in [6.45, 7) is 0. The monoisotopic (exact) mass is 227 g/mol. The van der Waals surface area contributed by atoms with Gasteiger partial charge in [-0.2, -0.15) is 0 Å². The van der Waals surface area contributed by atoms with E-state index in [1.54, 1.807) is 0 Å². The first-order valence-electron chi connectivity index (χ1n) is 4.16. The third kappa shape index (κ3) is 2.00. The van der Waals surface area contributed by atoms with Gasteiger partial charge in [-0.15, -0.1) is 5.10 Å². The average molecular weight is 227 g/mol. The van der Waals surface area contributed by atoms with Gasteiger partial charge >= 0.3 is 0 Å². The summed E-state index contributed by atoms with van der Waals surface area (Å²) in [4.78, 5) is 0.709. The predicted octanol–water partition coefficient (Wildman–Crippen LogP) is 1.86. The molecule has 0 aliphatic carbocycles. The minimum Gasteiger partial charge on any atom is -0.320 e. The first-order valence-corrected chi connectivity index (χ1v) is 4.93. The quantitative estimate of drug-likeness (QED) is 0.852. The van der Waals surface area contributed by atoms with Crippen LogP contribution in [0.2, 0.25) is 0 Å². The maximum Gasteiger partial charge on any atom is 0.159 e. The van der Waals surface area contributed by atoms with Gasteiger partial charge in [-0.1, -0.05) is 10.6 Å². The fourth-order valence-electron chi connectivity index (χ4n) is 1.18. The zero-order valence-corrected chi connectivity index (χ0v) is 8.34. The summed E-state index contributed by atoms with van der Waals surface area (Å²) in [5, 5.41) is 3.63. The lowest BCUT2D eigenvalue weighted by atomic mass is 10.1. The van der Waals surface area contributed by atoms with Crippen LogP contribution in [0.4, 0.5) is 8.78 Å². The summed E-state index contributed by atoms with van der Waals surface area (Å²) in [5.74, 6) is -1.78. The Morgan fingerprint density at radius 2 is 2.07 bits per heavy atom. The Morgan fingerprint density at radius 1 is 1.27 bits per heavy atom. The molecule has 1 unspecified atom stereocenters. The van der Waals surface area contributed by atoms with E-state index in [2.05, 4.69) is 9.59 Å². The zero-order chi connectivity index (χ0) is 10.8. The van der Waals surface area contributed by atoms with Crippen LogP contribution in [-0.4, -0.2) is 9.59 Å². The summed E-state index contributed by atoms with van der Waals surface area (Å²) in [5.41, 5.74) is 6.32. The molecule has 0 bridgehead atoms. The number of nitrogens with two attached hydrogens (primary N) is 1. The van der Waals surface area contributed by atoms with Crippen molar-refractivity contribution in [3.8, 4) is 0 Å². The molecule has 0 aliphatic rings. The van der Waals surface area contributed by atoms with Crippen molar-refractivity contribution in [2.75, 3.05) is 0 Å². The van der Waals surface area contributed by atoms with E-state index < -0.39 is 17.7 Å². The van der Waals surface area contributed by atoms with Gasteiger partial charge in [0, 0.05) is 0 Å². The Labute approximate surface area is 88.7 Å². The first-order chi connectivity index (χ1) is 7.18. The molecule has 2 aromatic rings. The topological polar surface area (TPSA) is 51.8 Å². The fraction of sp³-hybridized carbons (Fsp3) is 0.111. The Kier molecular flexibility index (Phi) is 2.70. The minimum absolute atomic E-state index is 0.500. The van der Waals surface area contributed by atoms with Crippen LogP contribution in [0.15, 0.2) is 24.4 Å². The van der Waals surface area contributed by atoms with Crippen LogP contribution in [-0.2, 0) is 0 Å². The van der Waals surface area contributed by atoms with E-state index in [0.29, 0.717) is 10.4 Å². The van der Waals surface area contributed by atoms with Crippen LogP contribution < -0.4 is 5.73 Å². The highest BCUT2D eigenvalue weighted by molar-refractivity contribution is 7.05. The van der Waals surface area contributed by atoms with Gasteiger partial charge in [-0.05, 0) is 29.2 Å². The molecule has 0 saturated carbocycles. The van der Waals surface area contributed by atoms with E-state index >= 15 is 0 Å².